The molecule has 0 amide bonds. The molecule has 0 radical (unpaired) electrons. The summed E-state index contributed by atoms with van der Waals surface area (Å²) in [5.74, 6) is -1.39. The van der Waals surface area contributed by atoms with Crippen LogP contribution in [-0.2, 0) is 16.1 Å². The van der Waals surface area contributed by atoms with Crippen LogP contribution in [0.15, 0.2) is 60.7 Å². The van der Waals surface area contributed by atoms with Crippen LogP contribution in [0.3, 0.4) is 0 Å². The van der Waals surface area contributed by atoms with Gasteiger partial charge in [-0.1, -0.05) is 62.4 Å². The molecule has 4 heteroatoms. The molecule has 1 fully saturated rings. The summed E-state index contributed by atoms with van der Waals surface area (Å²) in [4.78, 5) is 12.4. The molecule has 0 bridgehead atoms. The number of ether oxygens (including phenoxy) is 1. The maximum atomic E-state index is 12.5. The molecule has 0 aromatic heterocycles. The van der Waals surface area contributed by atoms with Gasteiger partial charge in [-0.15, -0.1) is 0 Å². The van der Waals surface area contributed by atoms with Crippen molar-refractivity contribution in [3.05, 3.63) is 71.8 Å². The van der Waals surface area contributed by atoms with Gasteiger partial charge < -0.3 is 4.74 Å². The minimum Gasteiger partial charge on any atom is -0.461 e. The highest BCUT2D eigenvalue weighted by Gasteiger charge is 2.61. The van der Waals surface area contributed by atoms with Gasteiger partial charge in [0, 0.05) is 5.92 Å². The zero-order chi connectivity index (χ0) is 18.9. The molecule has 26 heavy (non-hydrogen) atoms. The van der Waals surface area contributed by atoms with Gasteiger partial charge in [-0.25, -0.2) is 0 Å². The average molecular weight is 356 g/mol. The van der Waals surface area contributed by atoms with E-state index in [0.29, 0.717) is 0 Å². The van der Waals surface area contributed by atoms with Crippen LogP contribution in [0.4, 0.5) is 8.78 Å². The Bertz CT molecular complexity index is 836. The lowest BCUT2D eigenvalue weighted by molar-refractivity contribution is -0.147. The zero-order valence-corrected chi connectivity index (χ0v) is 15.1. The monoisotopic (exact) mass is 356 g/mol. The van der Waals surface area contributed by atoms with Crippen LogP contribution in [0.5, 0.6) is 0 Å². The normalized spacial score (nSPS) is 20.3. The molecule has 2 atom stereocenters. The summed E-state index contributed by atoms with van der Waals surface area (Å²) in [6.45, 7) is 5.76. The number of hydrogen-bond acceptors (Lipinski definition) is 2. The minimum atomic E-state index is -1.75. The Balaban J connectivity index is 1.71. The summed E-state index contributed by atoms with van der Waals surface area (Å²) in [6.07, 6.45) is -0.877. The molecular formula is C22H22F2O2. The SMILES string of the molecule is Cc1c(COC(=O)C2C(C=C(F)F)C2(C)C)cccc1-c1ccccc1. The van der Waals surface area contributed by atoms with E-state index in [-0.39, 0.29) is 6.61 Å². The molecule has 1 saturated carbocycles. The summed E-state index contributed by atoms with van der Waals surface area (Å²) in [6, 6.07) is 15.9. The molecule has 0 spiro atoms. The van der Waals surface area contributed by atoms with Gasteiger partial charge in [-0.05, 0) is 40.7 Å². The highest BCUT2D eigenvalue weighted by molar-refractivity contribution is 5.78. The maximum absolute atomic E-state index is 12.5. The Kier molecular flexibility index (Phi) is 4.94. The number of halogens is 2. The first-order valence-electron chi connectivity index (χ1n) is 8.65. The second kappa shape index (κ2) is 7.02. The third kappa shape index (κ3) is 3.55. The van der Waals surface area contributed by atoms with E-state index in [4.69, 9.17) is 4.74 Å². The summed E-state index contributed by atoms with van der Waals surface area (Å²) in [5, 5.41) is 0. The van der Waals surface area contributed by atoms with E-state index < -0.39 is 29.3 Å². The standard InChI is InChI=1S/C22H22F2O2/c1-14-16(10-7-11-17(14)15-8-5-4-6-9-15)13-26-21(25)20-18(12-19(23)24)22(20,2)3/h4-12,18,20H,13H2,1-3H3. The van der Waals surface area contributed by atoms with Crippen LogP contribution in [0.1, 0.15) is 25.0 Å². The van der Waals surface area contributed by atoms with Gasteiger partial charge in [-0.3, -0.25) is 4.79 Å². The number of esters is 1. The molecule has 0 saturated heterocycles. The predicted octanol–water partition coefficient (Wildman–Crippen LogP) is 5.76. The van der Waals surface area contributed by atoms with E-state index in [9.17, 15) is 13.6 Å². The Labute approximate surface area is 152 Å². The lowest BCUT2D eigenvalue weighted by atomic mass is 9.97. The number of benzene rings is 2. The molecule has 0 N–H and O–H groups in total. The van der Waals surface area contributed by atoms with Gasteiger partial charge in [0.15, 0.2) is 0 Å². The molecule has 2 aromatic rings. The van der Waals surface area contributed by atoms with Crippen molar-refractivity contribution in [3.8, 4) is 11.1 Å². The van der Waals surface area contributed by atoms with Crippen molar-refractivity contribution in [2.75, 3.05) is 0 Å². The molecule has 0 aliphatic heterocycles. The van der Waals surface area contributed by atoms with Crippen molar-refractivity contribution in [2.24, 2.45) is 17.3 Å². The molecule has 1 aliphatic carbocycles. The Morgan fingerprint density at radius 2 is 1.81 bits per heavy atom. The van der Waals surface area contributed by atoms with Crippen LogP contribution in [0, 0.1) is 24.2 Å². The Morgan fingerprint density at radius 1 is 1.12 bits per heavy atom. The number of hydrogen-bond donors (Lipinski definition) is 0. The molecule has 2 unspecified atom stereocenters. The van der Waals surface area contributed by atoms with Crippen LogP contribution in [0.25, 0.3) is 11.1 Å². The fourth-order valence-corrected chi connectivity index (χ4v) is 3.58. The molecule has 2 aromatic carbocycles. The largest absolute Gasteiger partial charge is 0.461 e. The molecular weight excluding hydrogens is 334 g/mol. The lowest BCUT2D eigenvalue weighted by Gasteiger charge is -2.12. The topological polar surface area (TPSA) is 26.3 Å². The number of carbonyl (C=O) groups is 1. The Hall–Kier alpha value is -2.49. The summed E-state index contributed by atoms with van der Waals surface area (Å²) in [5.41, 5.74) is 3.67. The van der Waals surface area contributed by atoms with E-state index in [1.54, 1.807) is 0 Å². The molecule has 0 heterocycles. The maximum Gasteiger partial charge on any atom is 0.310 e. The Morgan fingerprint density at radius 3 is 2.46 bits per heavy atom. The minimum absolute atomic E-state index is 0.145. The highest BCUT2D eigenvalue weighted by atomic mass is 19.3. The smallest absolute Gasteiger partial charge is 0.310 e. The average Bonchev–Trinajstić information content (AvgIpc) is 3.14. The van der Waals surface area contributed by atoms with Crippen molar-refractivity contribution < 1.29 is 18.3 Å². The summed E-state index contributed by atoms with van der Waals surface area (Å²) < 4.78 is 30.5. The van der Waals surface area contributed by atoms with E-state index in [0.717, 1.165) is 28.3 Å². The van der Waals surface area contributed by atoms with Gasteiger partial charge in [-0.2, -0.15) is 8.78 Å². The van der Waals surface area contributed by atoms with Crippen molar-refractivity contribution >= 4 is 5.97 Å². The first kappa shape index (κ1) is 18.3. The third-order valence-electron chi connectivity index (χ3n) is 5.37. The van der Waals surface area contributed by atoms with Crippen LogP contribution >= 0.6 is 0 Å². The van der Waals surface area contributed by atoms with Crippen molar-refractivity contribution in [3.63, 3.8) is 0 Å². The first-order valence-corrected chi connectivity index (χ1v) is 8.65. The molecule has 136 valence electrons. The van der Waals surface area contributed by atoms with Gasteiger partial charge in [0.25, 0.3) is 6.08 Å². The number of rotatable bonds is 5. The highest BCUT2D eigenvalue weighted by Crippen LogP contribution is 2.60. The van der Waals surface area contributed by atoms with E-state index in [1.807, 2.05) is 69.3 Å². The molecule has 3 rings (SSSR count). The van der Waals surface area contributed by atoms with Crippen molar-refractivity contribution in [1.29, 1.82) is 0 Å². The summed E-state index contributed by atoms with van der Waals surface area (Å²) >= 11 is 0. The van der Waals surface area contributed by atoms with Crippen molar-refractivity contribution in [2.45, 2.75) is 27.4 Å². The zero-order valence-electron chi connectivity index (χ0n) is 15.1. The number of allylic oxidation sites excluding steroid dienone is 1. The van der Waals surface area contributed by atoms with Gasteiger partial charge >= 0.3 is 5.97 Å². The second-order valence-corrected chi connectivity index (χ2v) is 7.34. The first-order chi connectivity index (χ1) is 12.3. The second-order valence-electron chi connectivity index (χ2n) is 7.34. The van der Waals surface area contributed by atoms with E-state index in [1.165, 1.54) is 0 Å². The number of carbonyl (C=O) groups excluding carboxylic acids is 1. The van der Waals surface area contributed by atoms with Gasteiger partial charge in [0.1, 0.15) is 6.61 Å². The summed E-state index contributed by atoms with van der Waals surface area (Å²) in [7, 11) is 0. The molecule has 1 aliphatic rings. The fourth-order valence-electron chi connectivity index (χ4n) is 3.58. The quantitative estimate of drug-likeness (QED) is 0.637. The fraction of sp³-hybridized carbons (Fsp3) is 0.318. The van der Waals surface area contributed by atoms with Crippen molar-refractivity contribution in [1.82, 2.24) is 0 Å². The van der Waals surface area contributed by atoms with Crippen LogP contribution in [0.2, 0.25) is 0 Å². The van der Waals surface area contributed by atoms with E-state index >= 15 is 0 Å². The predicted molar refractivity (Wildman–Crippen MR) is 97.5 cm³/mol. The van der Waals surface area contributed by atoms with Gasteiger partial charge in [0.05, 0.1) is 5.92 Å². The van der Waals surface area contributed by atoms with E-state index in [2.05, 4.69) is 0 Å². The van der Waals surface area contributed by atoms with Gasteiger partial charge in [0.2, 0.25) is 0 Å². The van der Waals surface area contributed by atoms with Crippen LogP contribution < -0.4 is 0 Å². The third-order valence-corrected chi connectivity index (χ3v) is 5.37. The van der Waals surface area contributed by atoms with Crippen LogP contribution in [-0.4, -0.2) is 5.97 Å². The lowest BCUT2D eigenvalue weighted by Crippen LogP contribution is -2.11. The molecule has 2 nitrogen and oxygen atoms in total.